The number of benzene rings is 2. The summed E-state index contributed by atoms with van der Waals surface area (Å²) in [6.07, 6.45) is -3.15. The van der Waals surface area contributed by atoms with Gasteiger partial charge in [0.15, 0.2) is 0 Å². The molecule has 112 valence electrons. The molecule has 0 bridgehead atoms. The highest BCUT2D eigenvalue weighted by Gasteiger charge is 2.18. The molecule has 0 N–H and O–H groups in total. The Morgan fingerprint density at radius 2 is 1.71 bits per heavy atom. The van der Waals surface area contributed by atoms with Gasteiger partial charge in [-0.1, -0.05) is 18.2 Å². The van der Waals surface area contributed by atoms with Gasteiger partial charge >= 0.3 is 6.07 Å². The van der Waals surface area contributed by atoms with E-state index in [0.717, 1.165) is 5.56 Å². The van der Waals surface area contributed by atoms with Crippen LogP contribution < -0.4 is 9.26 Å². The molecule has 2 rings (SSSR count). The molecular weight excluding hydrogens is 337 g/mol. The van der Waals surface area contributed by atoms with E-state index in [-0.39, 0.29) is 5.82 Å². The van der Waals surface area contributed by atoms with Crippen molar-refractivity contribution in [2.24, 2.45) is 0 Å². The van der Waals surface area contributed by atoms with Crippen LogP contribution >= 0.6 is 28.6 Å². The van der Waals surface area contributed by atoms with Crippen LogP contribution in [0.2, 0.25) is 0 Å². The van der Waals surface area contributed by atoms with E-state index in [1.807, 2.05) is 6.07 Å². The third kappa shape index (κ3) is 5.58. The van der Waals surface area contributed by atoms with Crippen molar-refractivity contribution < 1.29 is 18.2 Å². The third-order valence-electron chi connectivity index (χ3n) is 2.63. The van der Waals surface area contributed by atoms with E-state index in [4.69, 9.17) is 31.7 Å². The zero-order valence-corrected chi connectivity index (χ0v) is 13.2. The average molecular weight is 349 g/mol. The fourth-order valence-electron chi connectivity index (χ4n) is 1.72. The van der Waals surface area contributed by atoms with Crippen LogP contribution in [-0.4, -0.2) is 6.61 Å². The molecule has 0 amide bonds. The van der Waals surface area contributed by atoms with Crippen molar-refractivity contribution in [3.63, 3.8) is 0 Å². The predicted octanol–water partition coefficient (Wildman–Crippen LogP) is 5.41. The van der Waals surface area contributed by atoms with E-state index in [0.29, 0.717) is 24.5 Å². The molecule has 0 unspecified atom stereocenters. The lowest BCUT2D eigenvalue weighted by Gasteiger charge is -2.12. The largest absolute Gasteiger partial charge is 0.493 e. The number of ether oxygens (including phenoxy) is 1. The van der Waals surface area contributed by atoms with Gasteiger partial charge in [-0.3, -0.25) is 0 Å². The van der Waals surface area contributed by atoms with Crippen LogP contribution in [0, 0.1) is 5.82 Å². The van der Waals surface area contributed by atoms with Gasteiger partial charge in [-0.05, 0) is 35.9 Å². The predicted molar refractivity (Wildman–Crippen MR) is 82.0 cm³/mol. The maximum absolute atomic E-state index is 12.8. The lowest BCUT2D eigenvalue weighted by molar-refractivity contribution is 0.320. The number of hydrogen-bond acceptors (Lipinski definition) is 3. The molecule has 0 aliphatic heterocycles. The average Bonchev–Trinajstić information content (AvgIpc) is 2.41. The summed E-state index contributed by atoms with van der Waals surface area (Å²) in [7, 11) is 0. The Labute approximate surface area is 131 Å². The summed E-state index contributed by atoms with van der Waals surface area (Å²) in [5, 5.41) is 0. The van der Waals surface area contributed by atoms with Crippen LogP contribution in [0.5, 0.6) is 11.5 Å². The van der Waals surface area contributed by atoms with Gasteiger partial charge in [-0.15, -0.1) is 0 Å². The summed E-state index contributed by atoms with van der Waals surface area (Å²) < 4.78 is 34.6. The van der Waals surface area contributed by atoms with Gasteiger partial charge in [0.2, 0.25) is 0 Å². The Morgan fingerprint density at radius 1 is 1.05 bits per heavy atom. The molecule has 0 aliphatic rings. The highest BCUT2D eigenvalue weighted by molar-refractivity contribution is 8.05. The van der Waals surface area contributed by atoms with Crippen molar-refractivity contribution in [1.29, 1.82) is 0 Å². The van der Waals surface area contributed by atoms with Crippen LogP contribution in [-0.2, 0) is 11.0 Å². The minimum absolute atomic E-state index is 0.318. The molecule has 21 heavy (non-hydrogen) atoms. The second-order valence-electron chi connectivity index (χ2n) is 4.17. The van der Waals surface area contributed by atoms with Gasteiger partial charge in [0, 0.05) is 28.9 Å². The van der Waals surface area contributed by atoms with E-state index in [9.17, 15) is 8.96 Å². The van der Waals surface area contributed by atoms with Crippen LogP contribution in [0.15, 0.2) is 48.5 Å². The maximum Gasteiger partial charge on any atom is 0.428 e. The van der Waals surface area contributed by atoms with Crippen molar-refractivity contribution in [3.8, 4) is 11.5 Å². The standard InChI is InChI=1S/C14H12Cl2FO3P/c15-21(16,18)20-14-4-2-1-3-11(14)9-10-19-13-7-5-12(17)6-8-13/h1-8H,9-10H2. The summed E-state index contributed by atoms with van der Waals surface area (Å²) in [5.74, 6) is 0.602. The van der Waals surface area contributed by atoms with Crippen molar-refractivity contribution in [2.75, 3.05) is 6.61 Å². The van der Waals surface area contributed by atoms with Crippen LogP contribution in [0.4, 0.5) is 4.39 Å². The first-order valence-electron chi connectivity index (χ1n) is 6.09. The molecule has 0 spiro atoms. The van der Waals surface area contributed by atoms with Gasteiger partial charge in [-0.25, -0.2) is 8.96 Å². The summed E-state index contributed by atoms with van der Waals surface area (Å²) in [6.45, 7) is 0.348. The molecule has 0 aliphatic carbocycles. The second-order valence-corrected chi connectivity index (χ2v) is 8.37. The lowest BCUT2D eigenvalue weighted by atomic mass is 10.1. The topological polar surface area (TPSA) is 35.5 Å². The van der Waals surface area contributed by atoms with Gasteiger partial charge in [-0.2, -0.15) is 0 Å². The fraction of sp³-hybridized carbons (Fsp3) is 0.143. The Balaban J connectivity index is 1.97. The van der Waals surface area contributed by atoms with Crippen LogP contribution in [0.25, 0.3) is 0 Å². The fourth-order valence-corrected chi connectivity index (χ4v) is 2.58. The Morgan fingerprint density at radius 3 is 2.38 bits per heavy atom. The quantitative estimate of drug-likeness (QED) is 0.654. The Kier molecular flexibility index (Phi) is 5.51. The molecular formula is C14H12Cl2FO3P. The first-order valence-corrected chi connectivity index (χ1v) is 9.53. The summed E-state index contributed by atoms with van der Waals surface area (Å²) in [4.78, 5) is 0. The molecule has 0 saturated heterocycles. The molecule has 0 aromatic heterocycles. The minimum Gasteiger partial charge on any atom is -0.493 e. The molecule has 0 saturated carbocycles. The molecule has 2 aromatic rings. The molecule has 7 heteroatoms. The van der Waals surface area contributed by atoms with Crippen molar-refractivity contribution >= 4 is 28.6 Å². The molecule has 0 radical (unpaired) electrons. The second kappa shape index (κ2) is 7.17. The number of para-hydroxylation sites is 1. The van der Waals surface area contributed by atoms with Crippen molar-refractivity contribution in [3.05, 3.63) is 59.9 Å². The van der Waals surface area contributed by atoms with Gasteiger partial charge in [0.05, 0.1) is 6.61 Å². The molecule has 2 aromatic carbocycles. The SMILES string of the molecule is O=P(Cl)(Cl)Oc1ccccc1CCOc1ccc(F)cc1. The zero-order valence-electron chi connectivity index (χ0n) is 10.8. The monoisotopic (exact) mass is 348 g/mol. The van der Waals surface area contributed by atoms with E-state index in [1.54, 1.807) is 30.3 Å². The Hall–Kier alpha value is -1.22. The summed E-state index contributed by atoms with van der Waals surface area (Å²) in [5.41, 5.74) is 0.765. The third-order valence-corrected chi connectivity index (χ3v) is 3.45. The van der Waals surface area contributed by atoms with Gasteiger partial charge in [0.25, 0.3) is 0 Å². The first kappa shape index (κ1) is 16.2. The lowest BCUT2D eigenvalue weighted by Crippen LogP contribution is -2.02. The summed E-state index contributed by atoms with van der Waals surface area (Å²) in [6, 6.07) is 12.7. The van der Waals surface area contributed by atoms with Crippen LogP contribution in [0.3, 0.4) is 0 Å². The highest BCUT2D eigenvalue weighted by Crippen LogP contribution is 2.57. The molecule has 3 nitrogen and oxygen atoms in total. The van der Waals surface area contributed by atoms with Crippen LogP contribution in [0.1, 0.15) is 5.56 Å². The minimum atomic E-state index is -3.65. The first-order chi connectivity index (χ1) is 9.94. The molecule has 0 fully saturated rings. The highest BCUT2D eigenvalue weighted by atomic mass is 35.9. The van der Waals surface area contributed by atoms with E-state index >= 15 is 0 Å². The smallest absolute Gasteiger partial charge is 0.428 e. The summed E-state index contributed by atoms with van der Waals surface area (Å²) >= 11 is 10.8. The van der Waals surface area contributed by atoms with Gasteiger partial charge in [0.1, 0.15) is 17.3 Å². The normalized spacial score (nSPS) is 11.2. The number of halogens is 3. The maximum atomic E-state index is 12.8. The molecule has 0 atom stereocenters. The zero-order chi connectivity index (χ0) is 15.3. The van der Waals surface area contributed by atoms with E-state index in [2.05, 4.69) is 0 Å². The van der Waals surface area contributed by atoms with Crippen molar-refractivity contribution in [1.82, 2.24) is 0 Å². The Bertz CT molecular complexity index is 643. The van der Waals surface area contributed by atoms with Gasteiger partial charge < -0.3 is 9.26 Å². The van der Waals surface area contributed by atoms with E-state index < -0.39 is 6.07 Å². The van der Waals surface area contributed by atoms with Crippen molar-refractivity contribution in [2.45, 2.75) is 6.42 Å². The number of rotatable bonds is 6. The van der Waals surface area contributed by atoms with E-state index in [1.165, 1.54) is 12.1 Å². The number of hydrogen-bond donors (Lipinski definition) is 0. The molecule has 0 heterocycles.